The molecule has 0 aliphatic heterocycles. The van der Waals surface area contributed by atoms with Crippen molar-refractivity contribution in [2.45, 2.75) is 85.3 Å². The first-order valence-electron chi connectivity index (χ1n) is 9.43. The van der Waals surface area contributed by atoms with E-state index in [1.54, 1.807) is 20.8 Å². The van der Waals surface area contributed by atoms with Crippen LogP contribution in [0.2, 0.25) is 0 Å². The maximum atomic E-state index is 12.6. The van der Waals surface area contributed by atoms with Crippen LogP contribution < -0.4 is 10.6 Å². The van der Waals surface area contributed by atoms with E-state index in [0.29, 0.717) is 24.7 Å². The van der Waals surface area contributed by atoms with Gasteiger partial charge in [0.15, 0.2) is 5.82 Å². The number of nitrogens with one attached hydrogen (secondary N) is 2. The van der Waals surface area contributed by atoms with Gasteiger partial charge in [-0.2, -0.15) is 4.98 Å². The zero-order chi connectivity index (χ0) is 20.8. The largest absolute Gasteiger partial charge is 0.444 e. The second kappa shape index (κ2) is 9.19. The molecular weight excluding hydrogens is 348 g/mol. The Morgan fingerprint density at radius 1 is 1.19 bits per heavy atom. The summed E-state index contributed by atoms with van der Waals surface area (Å²) in [4.78, 5) is 28.9. The van der Waals surface area contributed by atoms with Crippen molar-refractivity contribution in [2.24, 2.45) is 5.92 Å². The van der Waals surface area contributed by atoms with Crippen LogP contribution in [-0.4, -0.2) is 40.3 Å². The van der Waals surface area contributed by atoms with Gasteiger partial charge in [0.25, 0.3) is 0 Å². The summed E-state index contributed by atoms with van der Waals surface area (Å²) >= 11 is 0. The van der Waals surface area contributed by atoms with E-state index in [2.05, 4.69) is 20.8 Å². The standard InChI is InChI=1S/C19H34N4O4/c1-9-12(2)14(22-17(25)26-19(6,7)8)15(24)20-11-10-13-21-16(27-23-13)18(3,4)5/h12,14H,9-11H2,1-8H3,(H,20,24)(H,22,25). The number of rotatable bonds is 7. The fraction of sp³-hybridized carbons (Fsp3) is 0.789. The summed E-state index contributed by atoms with van der Waals surface area (Å²) in [6.07, 6.45) is 0.592. The number of hydrogen-bond acceptors (Lipinski definition) is 6. The Bertz CT molecular complexity index is 628. The number of hydrogen-bond donors (Lipinski definition) is 2. The van der Waals surface area contributed by atoms with Crippen molar-refractivity contribution >= 4 is 12.0 Å². The van der Waals surface area contributed by atoms with Gasteiger partial charge in [0.05, 0.1) is 0 Å². The summed E-state index contributed by atoms with van der Waals surface area (Å²) in [6.45, 7) is 15.5. The number of carbonyl (C=O) groups is 2. The Balaban J connectivity index is 2.61. The molecule has 0 aromatic carbocycles. The smallest absolute Gasteiger partial charge is 0.408 e. The van der Waals surface area contributed by atoms with Crippen molar-refractivity contribution in [3.05, 3.63) is 11.7 Å². The first-order chi connectivity index (χ1) is 12.3. The van der Waals surface area contributed by atoms with Gasteiger partial charge in [0.1, 0.15) is 11.6 Å². The summed E-state index contributed by atoms with van der Waals surface area (Å²) in [5.74, 6) is 0.818. The quantitative estimate of drug-likeness (QED) is 0.751. The van der Waals surface area contributed by atoms with Crippen molar-refractivity contribution < 1.29 is 18.8 Å². The monoisotopic (exact) mass is 382 g/mol. The maximum absolute atomic E-state index is 12.6. The van der Waals surface area contributed by atoms with Crippen molar-refractivity contribution in [3.8, 4) is 0 Å². The molecule has 0 aliphatic rings. The average Bonchev–Trinajstić information content (AvgIpc) is 2.99. The van der Waals surface area contributed by atoms with E-state index in [-0.39, 0.29) is 17.2 Å². The molecule has 8 nitrogen and oxygen atoms in total. The Morgan fingerprint density at radius 3 is 2.30 bits per heavy atom. The number of alkyl carbamates (subject to hydrolysis) is 1. The zero-order valence-corrected chi connectivity index (χ0v) is 17.8. The van der Waals surface area contributed by atoms with Crippen molar-refractivity contribution in [2.75, 3.05) is 6.54 Å². The molecular formula is C19H34N4O4. The molecule has 0 bridgehead atoms. The van der Waals surface area contributed by atoms with E-state index < -0.39 is 17.7 Å². The van der Waals surface area contributed by atoms with Gasteiger partial charge in [0.2, 0.25) is 11.8 Å². The van der Waals surface area contributed by atoms with E-state index in [1.807, 2.05) is 34.6 Å². The molecule has 1 aromatic rings. The fourth-order valence-corrected chi connectivity index (χ4v) is 2.20. The van der Waals surface area contributed by atoms with Gasteiger partial charge in [-0.25, -0.2) is 4.79 Å². The highest BCUT2D eigenvalue weighted by atomic mass is 16.6. The van der Waals surface area contributed by atoms with Gasteiger partial charge in [-0.15, -0.1) is 0 Å². The lowest BCUT2D eigenvalue weighted by molar-refractivity contribution is -0.124. The lowest BCUT2D eigenvalue weighted by Gasteiger charge is -2.26. The molecule has 2 amide bonds. The third kappa shape index (κ3) is 7.97. The predicted molar refractivity (Wildman–Crippen MR) is 102 cm³/mol. The number of nitrogens with zero attached hydrogens (tertiary/aromatic N) is 2. The van der Waals surface area contributed by atoms with Crippen LogP contribution in [-0.2, 0) is 21.4 Å². The van der Waals surface area contributed by atoms with Crippen molar-refractivity contribution in [1.29, 1.82) is 0 Å². The summed E-state index contributed by atoms with van der Waals surface area (Å²) in [5, 5.41) is 9.44. The summed E-state index contributed by atoms with van der Waals surface area (Å²) < 4.78 is 10.5. The Hall–Kier alpha value is -2.12. The predicted octanol–water partition coefficient (Wildman–Crippen LogP) is 2.97. The van der Waals surface area contributed by atoms with Gasteiger partial charge in [-0.1, -0.05) is 46.2 Å². The molecule has 2 N–H and O–H groups in total. The Kier molecular flexibility index (Phi) is 7.80. The van der Waals surface area contributed by atoms with Crippen LogP contribution >= 0.6 is 0 Å². The van der Waals surface area contributed by atoms with Crippen molar-refractivity contribution in [1.82, 2.24) is 20.8 Å². The first kappa shape index (κ1) is 22.9. The van der Waals surface area contributed by atoms with Crippen LogP contribution in [0.25, 0.3) is 0 Å². The minimum absolute atomic E-state index is 0.0322. The molecule has 0 aliphatic carbocycles. The summed E-state index contributed by atoms with van der Waals surface area (Å²) in [7, 11) is 0. The second-order valence-electron chi connectivity index (χ2n) is 8.82. The minimum atomic E-state index is -0.666. The molecule has 0 saturated carbocycles. The highest BCUT2D eigenvalue weighted by Gasteiger charge is 2.28. The Labute approximate surface area is 161 Å². The molecule has 0 radical (unpaired) electrons. The van der Waals surface area contributed by atoms with E-state index in [1.165, 1.54) is 0 Å². The number of carbonyl (C=O) groups excluding carboxylic acids is 2. The molecule has 0 fully saturated rings. The minimum Gasteiger partial charge on any atom is -0.444 e. The lowest BCUT2D eigenvalue weighted by atomic mass is 9.97. The number of aromatic nitrogens is 2. The van der Waals surface area contributed by atoms with E-state index in [9.17, 15) is 9.59 Å². The number of amides is 2. The van der Waals surface area contributed by atoms with E-state index >= 15 is 0 Å². The third-order valence-corrected chi connectivity index (χ3v) is 3.93. The number of ether oxygens (including phenoxy) is 1. The maximum Gasteiger partial charge on any atom is 0.408 e. The topological polar surface area (TPSA) is 106 Å². The lowest BCUT2D eigenvalue weighted by Crippen LogP contribution is -2.51. The van der Waals surface area contributed by atoms with Gasteiger partial charge in [-0.3, -0.25) is 4.79 Å². The Morgan fingerprint density at radius 2 is 1.81 bits per heavy atom. The molecule has 0 spiro atoms. The summed E-state index contributed by atoms with van der Waals surface area (Å²) in [5.41, 5.74) is -0.836. The van der Waals surface area contributed by atoms with Gasteiger partial charge < -0.3 is 19.9 Å². The first-order valence-corrected chi connectivity index (χ1v) is 9.43. The molecule has 0 saturated heterocycles. The van der Waals surface area contributed by atoms with Crippen LogP contribution in [0.4, 0.5) is 4.79 Å². The van der Waals surface area contributed by atoms with Crippen LogP contribution in [0.3, 0.4) is 0 Å². The van der Waals surface area contributed by atoms with Crippen molar-refractivity contribution in [3.63, 3.8) is 0 Å². The molecule has 27 heavy (non-hydrogen) atoms. The van der Waals surface area contributed by atoms with Gasteiger partial charge in [-0.05, 0) is 26.7 Å². The SMILES string of the molecule is CCC(C)C(NC(=O)OC(C)(C)C)C(=O)NCCc1noc(C(C)(C)C)n1. The summed E-state index contributed by atoms with van der Waals surface area (Å²) in [6, 6.07) is -0.666. The highest BCUT2D eigenvalue weighted by Crippen LogP contribution is 2.19. The molecule has 1 aromatic heterocycles. The third-order valence-electron chi connectivity index (χ3n) is 3.93. The molecule has 2 atom stereocenters. The average molecular weight is 383 g/mol. The molecule has 8 heteroatoms. The normalized spacial score (nSPS) is 14.4. The molecule has 2 unspecified atom stereocenters. The molecule has 1 heterocycles. The van der Waals surface area contributed by atoms with Gasteiger partial charge >= 0.3 is 6.09 Å². The van der Waals surface area contributed by atoms with Gasteiger partial charge in [0, 0.05) is 18.4 Å². The fourth-order valence-electron chi connectivity index (χ4n) is 2.20. The zero-order valence-electron chi connectivity index (χ0n) is 17.8. The van der Waals surface area contributed by atoms with E-state index in [0.717, 1.165) is 6.42 Å². The molecule has 154 valence electrons. The van der Waals surface area contributed by atoms with Crippen LogP contribution in [0, 0.1) is 5.92 Å². The van der Waals surface area contributed by atoms with Crippen LogP contribution in [0.15, 0.2) is 4.52 Å². The van der Waals surface area contributed by atoms with Crippen LogP contribution in [0.1, 0.15) is 73.5 Å². The van der Waals surface area contributed by atoms with E-state index in [4.69, 9.17) is 9.26 Å². The highest BCUT2D eigenvalue weighted by molar-refractivity contribution is 5.85. The molecule has 1 rings (SSSR count). The van der Waals surface area contributed by atoms with Crippen LogP contribution in [0.5, 0.6) is 0 Å². The second-order valence-corrected chi connectivity index (χ2v) is 8.82.